The van der Waals surface area contributed by atoms with Crippen LogP contribution in [0.25, 0.3) is 5.65 Å². The van der Waals surface area contributed by atoms with Gasteiger partial charge in [0.25, 0.3) is 0 Å². The number of aliphatic carboxylic acids is 1. The van der Waals surface area contributed by atoms with Crippen molar-refractivity contribution >= 4 is 27.5 Å². The summed E-state index contributed by atoms with van der Waals surface area (Å²) in [5.41, 5.74) is 2.38. The summed E-state index contributed by atoms with van der Waals surface area (Å²) >= 11 is 3.45. The second-order valence-corrected chi connectivity index (χ2v) is 5.53. The van der Waals surface area contributed by atoms with Crippen molar-refractivity contribution in [2.24, 2.45) is 0 Å². The smallest absolute Gasteiger partial charge is 0.309 e. The maximum atomic E-state index is 11.0. The molecule has 0 atom stereocenters. The fourth-order valence-electron chi connectivity index (χ4n) is 2.23. The summed E-state index contributed by atoms with van der Waals surface area (Å²) in [4.78, 5) is 17.7. The molecular formula is C14H18BrN3O2. The molecule has 0 fully saturated rings. The molecule has 0 aliphatic heterocycles. The highest BCUT2D eigenvalue weighted by atomic mass is 79.9. The van der Waals surface area contributed by atoms with Gasteiger partial charge in [0.2, 0.25) is 0 Å². The Hall–Kier alpha value is -1.40. The lowest BCUT2D eigenvalue weighted by Gasteiger charge is -2.18. The fourth-order valence-corrected chi connectivity index (χ4v) is 2.56. The summed E-state index contributed by atoms with van der Waals surface area (Å²) in [6.07, 6.45) is 1.89. The Labute approximate surface area is 126 Å². The molecule has 2 heterocycles. The Morgan fingerprint density at radius 1 is 1.40 bits per heavy atom. The molecule has 0 unspecified atom stereocenters. The summed E-state index contributed by atoms with van der Waals surface area (Å²) in [7, 11) is 0. The molecule has 5 nitrogen and oxygen atoms in total. The average Bonchev–Trinajstić information content (AvgIpc) is 2.72. The van der Waals surface area contributed by atoms with Crippen molar-refractivity contribution < 1.29 is 9.90 Å². The zero-order valence-corrected chi connectivity index (χ0v) is 13.2. The maximum absolute atomic E-state index is 11.0. The van der Waals surface area contributed by atoms with Gasteiger partial charge in [0.1, 0.15) is 5.65 Å². The highest BCUT2D eigenvalue weighted by molar-refractivity contribution is 9.10. The van der Waals surface area contributed by atoms with E-state index in [1.165, 1.54) is 0 Å². The van der Waals surface area contributed by atoms with Gasteiger partial charge in [-0.2, -0.15) is 0 Å². The molecule has 0 saturated heterocycles. The Balaban J connectivity index is 2.50. The lowest BCUT2D eigenvalue weighted by Crippen LogP contribution is -2.24. The van der Waals surface area contributed by atoms with Crippen molar-refractivity contribution in [3.05, 3.63) is 34.2 Å². The van der Waals surface area contributed by atoms with Crippen LogP contribution in [-0.4, -0.2) is 38.4 Å². The van der Waals surface area contributed by atoms with E-state index in [1.807, 2.05) is 22.7 Å². The topological polar surface area (TPSA) is 57.8 Å². The number of carboxylic acid groups (broad SMARTS) is 1. The normalized spacial score (nSPS) is 11.4. The minimum Gasteiger partial charge on any atom is -0.481 e. The molecule has 20 heavy (non-hydrogen) atoms. The number of carboxylic acids is 1. The quantitative estimate of drug-likeness (QED) is 0.878. The van der Waals surface area contributed by atoms with Gasteiger partial charge >= 0.3 is 5.97 Å². The number of carbonyl (C=O) groups is 1. The standard InChI is InChI=1S/C14H18BrN3O2/c1-3-17(4-2)9-12-11(7-14(19)20)16-13-6-5-10(15)8-18(12)13/h5-6,8H,3-4,7,9H2,1-2H3,(H,19,20). The number of hydrogen-bond acceptors (Lipinski definition) is 3. The van der Waals surface area contributed by atoms with E-state index in [-0.39, 0.29) is 6.42 Å². The van der Waals surface area contributed by atoms with Crippen LogP contribution < -0.4 is 0 Å². The first kappa shape index (κ1) is 15.0. The summed E-state index contributed by atoms with van der Waals surface area (Å²) in [6.45, 7) is 6.74. The lowest BCUT2D eigenvalue weighted by atomic mass is 10.2. The number of hydrogen-bond donors (Lipinski definition) is 1. The third-order valence-corrected chi connectivity index (χ3v) is 3.82. The molecule has 0 radical (unpaired) electrons. The van der Waals surface area contributed by atoms with E-state index < -0.39 is 5.97 Å². The number of imidazole rings is 1. The monoisotopic (exact) mass is 339 g/mol. The van der Waals surface area contributed by atoms with Gasteiger partial charge in [0.15, 0.2) is 0 Å². The number of rotatable bonds is 6. The molecule has 0 aliphatic rings. The van der Waals surface area contributed by atoms with E-state index in [2.05, 4.69) is 39.7 Å². The van der Waals surface area contributed by atoms with Crippen LogP contribution in [0.1, 0.15) is 25.2 Å². The Morgan fingerprint density at radius 3 is 2.70 bits per heavy atom. The van der Waals surface area contributed by atoms with Crippen LogP contribution in [0.4, 0.5) is 0 Å². The number of aromatic nitrogens is 2. The van der Waals surface area contributed by atoms with Gasteiger partial charge in [0, 0.05) is 17.2 Å². The predicted molar refractivity (Wildman–Crippen MR) is 80.9 cm³/mol. The van der Waals surface area contributed by atoms with E-state index in [4.69, 9.17) is 5.11 Å². The first-order chi connectivity index (χ1) is 9.55. The molecule has 2 rings (SSSR count). The van der Waals surface area contributed by atoms with E-state index >= 15 is 0 Å². The van der Waals surface area contributed by atoms with Crippen molar-refractivity contribution in [2.75, 3.05) is 13.1 Å². The van der Waals surface area contributed by atoms with Crippen LogP contribution in [0.3, 0.4) is 0 Å². The second kappa shape index (κ2) is 6.37. The van der Waals surface area contributed by atoms with E-state index in [1.54, 1.807) is 0 Å². The second-order valence-electron chi connectivity index (χ2n) is 4.61. The molecule has 1 N–H and O–H groups in total. The van der Waals surface area contributed by atoms with Gasteiger partial charge in [-0.05, 0) is 41.2 Å². The van der Waals surface area contributed by atoms with Crippen LogP contribution in [0.15, 0.2) is 22.8 Å². The van der Waals surface area contributed by atoms with Crippen LogP contribution in [0, 0.1) is 0 Å². The summed E-state index contributed by atoms with van der Waals surface area (Å²) < 4.78 is 2.92. The highest BCUT2D eigenvalue weighted by Crippen LogP contribution is 2.19. The molecule has 2 aromatic rings. The fraction of sp³-hybridized carbons (Fsp3) is 0.429. The predicted octanol–water partition coefficient (Wildman–Crippen LogP) is 2.57. The van der Waals surface area contributed by atoms with Crippen LogP contribution in [-0.2, 0) is 17.8 Å². The molecule has 0 amide bonds. The van der Waals surface area contributed by atoms with Crippen LogP contribution in [0.2, 0.25) is 0 Å². The molecule has 2 aromatic heterocycles. The maximum Gasteiger partial charge on any atom is 0.309 e. The van der Waals surface area contributed by atoms with Crippen LogP contribution >= 0.6 is 15.9 Å². The molecular weight excluding hydrogens is 322 g/mol. The molecule has 108 valence electrons. The third kappa shape index (κ3) is 3.19. The average molecular weight is 340 g/mol. The van der Waals surface area contributed by atoms with E-state index in [9.17, 15) is 4.79 Å². The summed E-state index contributed by atoms with van der Waals surface area (Å²) in [6, 6.07) is 3.80. The van der Waals surface area contributed by atoms with Crippen LogP contribution in [0.5, 0.6) is 0 Å². The minimum absolute atomic E-state index is 0.0457. The number of halogens is 1. The van der Waals surface area contributed by atoms with Crippen molar-refractivity contribution in [1.82, 2.24) is 14.3 Å². The van der Waals surface area contributed by atoms with Gasteiger partial charge < -0.3 is 9.51 Å². The third-order valence-electron chi connectivity index (χ3n) is 3.35. The van der Waals surface area contributed by atoms with Crippen molar-refractivity contribution in [3.8, 4) is 0 Å². The lowest BCUT2D eigenvalue weighted by molar-refractivity contribution is -0.136. The molecule has 0 bridgehead atoms. The summed E-state index contributed by atoms with van der Waals surface area (Å²) in [5.74, 6) is -0.853. The largest absolute Gasteiger partial charge is 0.481 e. The zero-order chi connectivity index (χ0) is 14.7. The Morgan fingerprint density at radius 2 is 2.10 bits per heavy atom. The van der Waals surface area contributed by atoms with Gasteiger partial charge in [-0.1, -0.05) is 13.8 Å². The number of fused-ring (bicyclic) bond motifs is 1. The highest BCUT2D eigenvalue weighted by Gasteiger charge is 2.16. The number of nitrogens with zero attached hydrogens (tertiary/aromatic N) is 3. The first-order valence-corrected chi connectivity index (χ1v) is 7.44. The summed E-state index contributed by atoms with van der Waals surface area (Å²) in [5, 5.41) is 9.05. The van der Waals surface area contributed by atoms with E-state index in [0.29, 0.717) is 12.2 Å². The SMILES string of the molecule is CCN(CC)Cc1c(CC(=O)O)nc2ccc(Br)cn12. The molecule has 0 spiro atoms. The first-order valence-electron chi connectivity index (χ1n) is 6.64. The van der Waals surface area contributed by atoms with Crippen molar-refractivity contribution in [3.63, 3.8) is 0 Å². The zero-order valence-electron chi connectivity index (χ0n) is 11.6. The van der Waals surface area contributed by atoms with Gasteiger partial charge in [-0.3, -0.25) is 9.69 Å². The van der Waals surface area contributed by atoms with Crippen molar-refractivity contribution in [1.29, 1.82) is 0 Å². The Kier molecular flexibility index (Phi) is 4.77. The minimum atomic E-state index is -0.853. The number of pyridine rings is 1. The van der Waals surface area contributed by atoms with Gasteiger partial charge in [-0.15, -0.1) is 0 Å². The van der Waals surface area contributed by atoms with Gasteiger partial charge in [-0.25, -0.2) is 4.98 Å². The molecule has 6 heteroatoms. The van der Waals surface area contributed by atoms with Crippen molar-refractivity contribution in [2.45, 2.75) is 26.8 Å². The molecule has 0 aromatic carbocycles. The molecule has 0 saturated carbocycles. The van der Waals surface area contributed by atoms with Gasteiger partial charge in [0.05, 0.1) is 17.8 Å². The molecule has 0 aliphatic carbocycles. The Bertz CT molecular complexity index is 620. The van der Waals surface area contributed by atoms with E-state index in [0.717, 1.165) is 28.9 Å².